The van der Waals surface area contributed by atoms with Crippen LogP contribution in [-0.2, 0) is 0 Å². The van der Waals surface area contributed by atoms with Crippen LogP contribution in [-0.4, -0.2) is 5.24 Å². The third kappa shape index (κ3) is 2.65. The fraction of sp³-hybridized carbons (Fsp3) is 0. The van der Waals surface area contributed by atoms with Gasteiger partial charge in [-0.2, -0.15) is 0 Å². The van der Waals surface area contributed by atoms with Crippen LogP contribution in [0.3, 0.4) is 0 Å². The smallest absolute Gasteiger partial charge is 0.253 e. The lowest BCUT2D eigenvalue weighted by molar-refractivity contribution is 0.108. The van der Waals surface area contributed by atoms with Crippen LogP contribution >= 0.6 is 46.4 Å². The highest BCUT2D eigenvalue weighted by Gasteiger charge is 2.17. The maximum Gasteiger partial charge on any atom is 0.253 e. The molecule has 0 aromatic heterocycles. The normalized spacial score (nSPS) is 10.4. The third-order valence-electron chi connectivity index (χ3n) is 2.41. The summed E-state index contributed by atoms with van der Waals surface area (Å²) in [7, 11) is 0. The second-order valence-electron chi connectivity index (χ2n) is 3.56. The van der Waals surface area contributed by atoms with Crippen molar-refractivity contribution in [2.75, 3.05) is 0 Å². The van der Waals surface area contributed by atoms with E-state index < -0.39 is 5.24 Å². The van der Waals surface area contributed by atoms with Crippen LogP contribution in [0.1, 0.15) is 10.4 Å². The molecule has 2 aromatic carbocycles. The Kier molecular flexibility index (Phi) is 4.18. The summed E-state index contributed by atoms with van der Waals surface area (Å²) in [6.07, 6.45) is 0. The van der Waals surface area contributed by atoms with Gasteiger partial charge >= 0.3 is 0 Å². The van der Waals surface area contributed by atoms with Crippen molar-refractivity contribution in [2.45, 2.75) is 0 Å². The van der Waals surface area contributed by atoms with Crippen LogP contribution < -0.4 is 0 Å². The zero-order valence-electron chi connectivity index (χ0n) is 8.88. The van der Waals surface area contributed by atoms with E-state index in [0.29, 0.717) is 26.2 Å². The fourth-order valence-corrected chi connectivity index (χ4v) is 2.64. The molecule has 0 aliphatic rings. The van der Waals surface area contributed by atoms with Crippen molar-refractivity contribution in [1.82, 2.24) is 0 Å². The maximum atomic E-state index is 11.5. The molecule has 0 unspecified atom stereocenters. The van der Waals surface area contributed by atoms with Gasteiger partial charge in [-0.1, -0.05) is 53.0 Å². The number of carbonyl (C=O) groups excluding carboxylic acids is 1. The van der Waals surface area contributed by atoms with E-state index in [4.69, 9.17) is 46.4 Å². The van der Waals surface area contributed by atoms with E-state index in [-0.39, 0.29) is 5.56 Å². The minimum Gasteiger partial charge on any atom is -0.276 e. The van der Waals surface area contributed by atoms with Crippen molar-refractivity contribution in [2.24, 2.45) is 0 Å². The van der Waals surface area contributed by atoms with Gasteiger partial charge in [0.25, 0.3) is 5.24 Å². The van der Waals surface area contributed by atoms with Crippen LogP contribution in [0, 0.1) is 0 Å². The summed E-state index contributed by atoms with van der Waals surface area (Å²) >= 11 is 23.7. The minimum atomic E-state index is -0.630. The van der Waals surface area contributed by atoms with E-state index in [1.807, 2.05) is 0 Å². The first-order valence-electron chi connectivity index (χ1n) is 4.94. The summed E-state index contributed by atoms with van der Waals surface area (Å²) < 4.78 is 0. The Morgan fingerprint density at radius 1 is 0.944 bits per heavy atom. The molecule has 0 saturated carbocycles. The van der Waals surface area contributed by atoms with Gasteiger partial charge in [-0.3, -0.25) is 4.79 Å². The van der Waals surface area contributed by atoms with Gasteiger partial charge in [0.1, 0.15) is 0 Å². The van der Waals surface area contributed by atoms with E-state index in [9.17, 15) is 4.79 Å². The summed E-state index contributed by atoms with van der Waals surface area (Å²) in [6.45, 7) is 0. The Morgan fingerprint density at radius 2 is 1.61 bits per heavy atom. The molecular formula is C13H6Cl4O. The summed E-state index contributed by atoms with van der Waals surface area (Å²) in [4.78, 5) is 11.5. The average Bonchev–Trinajstić information content (AvgIpc) is 2.29. The Labute approximate surface area is 124 Å². The molecule has 0 radical (unpaired) electrons. The molecule has 0 aliphatic heterocycles. The van der Waals surface area contributed by atoms with Gasteiger partial charge in [0.2, 0.25) is 0 Å². The molecule has 0 atom stereocenters. The lowest BCUT2D eigenvalue weighted by Crippen LogP contribution is -1.95. The standard InChI is InChI=1S/C13H6Cl4O/c14-7-5-9(13(17)18)12(11(16)6-7)8-3-1-2-4-10(8)15/h1-6H. The fourth-order valence-electron chi connectivity index (χ4n) is 1.67. The lowest BCUT2D eigenvalue weighted by atomic mass is 10.00. The van der Waals surface area contributed by atoms with Crippen LogP contribution in [0.15, 0.2) is 36.4 Å². The molecule has 2 aromatic rings. The first-order chi connectivity index (χ1) is 8.50. The van der Waals surface area contributed by atoms with Gasteiger partial charge in [-0.25, -0.2) is 0 Å². The predicted octanol–water partition coefficient (Wildman–Crippen LogP) is 5.69. The van der Waals surface area contributed by atoms with E-state index in [1.54, 1.807) is 30.3 Å². The maximum absolute atomic E-state index is 11.5. The summed E-state index contributed by atoms with van der Waals surface area (Å²) in [5.74, 6) is 0. The Hall–Kier alpha value is -0.730. The lowest BCUT2D eigenvalue weighted by Gasteiger charge is -2.11. The van der Waals surface area contributed by atoms with Crippen molar-refractivity contribution < 1.29 is 4.79 Å². The highest BCUT2D eigenvalue weighted by molar-refractivity contribution is 6.68. The van der Waals surface area contributed by atoms with Crippen molar-refractivity contribution in [1.29, 1.82) is 0 Å². The number of rotatable bonds is 2. The second-order valence-corrected chi connectivity index (χ2v) is 5.16. The van der Waals surface area contributed by atoms with Crippen molar-refractivity contribution in [3.05, 3.63) is 57.0 Å². The van der Waals surface area contributed by atoms with Gasteiger partial charge in [0, 0.05) is 26.7 Å². The highest BCUT2D eigenvalue weighted by Crippen LogP contribution is 2.38. The SMILES string of the molecule is O=C(Cl)c1cc(Cl)cc(Cl)c1-c1ccccc1Cl. The molecule has 0 saturated heterocycles. The van der Waals surface area contributed by atoms with E-state index in [1.165, 1.54) is 6.07 Å². The molecular weight excluding hydrogens is 314 g/mol. The molecule has 0 bridgehead atoms. The topological polar surface area (TPSA) is 17.1 Å². The Morgan fingerprint density at radius 3 is 2.22 bits per heavy atom. The minimum absolute atomic E-state index is 0.238. The van der Waals surface area contributed by atoms with Gasteiger partial charge in [-0.05, 0) is 29.8 Å². The Balaban J connectivity index is 2.78. The molecule has 0 aliphatic carbocycles. The summed E-state index contributed by atoms with van der Waals surface area (Å²) in [6, 6.07) is 10.1. The first kappa shape index (κ1) is 13.7. The number of hydrogen-bond donors (Lipinski definition) is 0. The van der Waals surface area contributed by atoms with Gasteiger partial charge < -0.3 is 0 Å². The number of halogens is 4. The predicted molar refractivity (Wildman–Crippen MR) is 77.1 cm³/mol. The van der Waals surface area contributed by atoms with E-state index in [2.05, 4.69) is 0 Å². The largest absolute Gasteiger partial charge is 0.276 e. The van der Waals surface area contributed by atoms with Crippen molar-refractivity contribution in [3.63, 3.8) is 0 Å². The number of benzene rings is 2. The Bertz CT molecular complexity index is 622. The average molecular weight is 320 g/mol. The molecule has 1 nitrogen and oxygen atoms in total. The molecule has 0 spiro atoms. The number of hydrogen-bond acceptors (Lipinski definition) is 1. The summed E-state index contributed by atoms with van der Waals surface area (Å²) in [5.41, 5.74) is 1.37. The van der Waals surface area contributed by atoms with Crippen molar-refractivity contribution in [3.8, 4) is 11.1 Å². The quantitative estimate of drug-likeness (QED) is 0.649. The molecule has 18 heavy (non-hydrogen) atoms. The molecule has 2 rings (SSSR count). The van der Waals surface area contributed by atoms with Crippen LogP contribution in [0.2, 0.25) is 15.1 Å². The monoisotopic (exact) mass is 318 g/mol. The highest BCUT2D eigenvalue weighted by atomic mass is 35.5. The molecule has 0 amide bonds. The van der Waals surface area contributed by atoms with Crippen LogP contribution in [0.25, 0.3) is 11.1 Å². The second kappa shape index (κ2) is 5.50. The molecule has 92 valence electrons. The first-order valence-corrected chi connectivity index (χ1v) is 6.45. The number of carbonyl (C=O) groups is 1. The van der Waals surface area contributed by atoms with E-state index >= 15 is 0 Å². The molecule has 0 fully saturated rings. The van der Waals surface area contributed by atoms with Gasteiger partial charge in [-0.15, -0.1) is 0 Å². The van der Waals surface area contributed by atoms with Gasteiger partial charge in [0.05, 0.1) is 5.02 Å². The van der Waals surface area contributed by atoms with E-state index in [0.717, 1.165) is 0 Å². The van der Waals surface area contributed by atoms with Crippen molar-refractivity contribution >= 4 is 51.6 Å². The molecule has 5 heteroatoms. The molecule has 0 heterocycles. The van der Waals surface area contributed by atoms with Crippen LogP contribution in [0.5, 0.6) is 0 Å². The van der Waals surface area contributed by atoms with Crippen LogP contribution in [0.4, 0.5) is 0 Å². The zero-order valence-corrected chi connectivity index (χ0v) is 11.9. The van der Waals surface area contributed by atoms with Gasteiger partial charge in [0.15, 0.2) is 0 Å². The summed E-state index contributed by atoms with van der Waals surface area (Å²) in [5, 5.41) is 0.537. The third-order valence-corrected chi connectivity index (χ3v) is 3.46. The zero-order chi connectivity index (χ0) is 13.3. The molecule has 0 N–H and O–H groups in total.